The van der Waals surface area contributed by atoms with Crippen molar-refractivity contribution in [2.24, 2.45) is 0 Å². The van der Waals surface area contributed by atoms with Gasteiger partial charge in [-0.3, -0.25) is 4.68 Å². The van der Waals surface area contributed by atoms with Crippen molar-refractivity contribution in [3.05, 3.63) is 30.2 Å². The van der Waals surface area contributed by atoms with Crippen LogP contribution >= 0.6 is 0 Å². The Hall–Kier alpha value is -1.94. The number of nitrogens with zero attached hydrogens (tertiary/aromatic N) is 4. The third kappa shape index (κ3) is 3.29. The monoisotopic (exact) mass is 346 g/mol. The van der Waals surface area contributed by atoms with Crippen molar-refractivity contribution in [2.75, 3.05) is 20.3 Å². The molecule has 1 aliphatic heterocycles. The van der Waals surface area contributed by atoms with E-state index in [0.717, 1.165) is 4.68 Å². The Kier molecular flexibility index (Phi) is 4.59. The van der Waals surface area contributed by atoms with Crippen LogP contribution in [0.3, 0.4) is 0 Å². The third-order valence-corrected chi connectivity index (χ3v) is 4.16. The molecule has 0 N–H and O–H groups in total. The van der Waals surface area contributed by atoms with E-state index in [0.29, 0.717) is 26.1 Å². The van der Waals surface area contributed by atoms with Crippen LogP contribution in [-0.2, 0) is 21.5 Å². The number of halogens is 3. The minimum absolute atomic E-state index is 0.106. The van der Waals surface area contributed by atoms with E-state index in [9.17, 15) is 13.2 Å². The Bertz CT molecular complexity index is 651. The van der Waals surface area contributed by atoms with Gasteiger partial charge in [0.05, 0.1) is 6.42 Å². The van der Waals surface area contributed by atoms with Crippen LogP contribution in [0.15, 0.2) is 23.0 Å². The van der Waals surface area contributed by atoms with Crippen molar-refractivity contribution < 1.29 is 27.2 Å². The number of methoxy groups -OCH3 is 1. The maximum atomic E-state index is 13.3. The predicted octanol–water partition coefficient (Wildman–Crippen LogP) is 2.26. The minimum atomic E-state index is -4.49. The molecule has 3 heterocycles. The Balaban J connectivity index is 1.82. The molecule has 0 radical (unpaired) electrons. The molecule has 0 aromatic carbocycles. The summed E-state index contributed by atoms with van der Waals surface area (Å²) in [6, 6.07) is -0.436. The van der Waals surface area contributed by atoms with Gasteiger partial charge in [-0.05, 0) is 6.07 Å². The van der Waals surface area contributed by atoms with Gasteiger partial charge in [0, 0.05) is 45.6 Å². The molecule has 132 valence electrons. The zero-order chi connectivity index (χ0) is 17.2. The fourth-order valence-electron chi connectivity index (χ4n) is 2.73. The third-order valence-electron chi connectivity index (χ3n) is 4.16. The molecule has 2 aromatic rings. The molecule has 24 heavy (non-hydrogen) atoms. The molecule has 0 aliphatic carbocycles. The molecule has 2 aromatic heterocycles. The average molecular weight is 346 g/mol. The highest BCUT2D eigenvalue weighted by Crippen LogP contribution is 2.35. The van der Waals surface area contributed by atoms with Crippen molar-refractivity contribution in [1.82, 2.24) is 19.9 Å². The molecule has 0 amide bonds. The van der Waals surface area contributed by atoms with E-state index in [-0.39, 0.29) is 11.7 Å². The molecule has 7 nitrogen and oxygen atoms in total. The lowest BCUT2D eigenvalue weighted by Crippen LogP contribution is -2.36. The highest BCUT2D eigenvalue weighted by molar-refractivity contribution is 5.04. The molecule has 10 heteroatoms. The van der Waals surface area contributed by atoms with Crippen LogP contribution in [-0.4, -0.2) is 46.4 Å². The predicted molar refractivity (Wildman–Crippen MR) is 74.1 cm³/mol. The summed E-state index contributed by atoms with van der Waals surface area (Å²) >= 11 is 0. The summed E-state index contributed by atoms with van der Waals surface area (Å²) in [5.41, 5.74) is -0.778. The second kappa shape index (κ2) is 6.52. The first-order valence-corrected chi connectivity index (χ1v) is 7.46. The fourth-order valence-corrected chi connectivity index (χ4v) is 2.73. The molecular weight excluding hydrogens is 329 g/mol. The molecule has 0 spiro atoms. The fraction of sp³-hybridized carbons (Fsp3) is 0.643. The number of ether oxygens (including phenoxy) is 2. The van der Waals surface area contributed by atoms with Crippen molar-refractivity contribution in [3.8, 4) is 0 Å². The van der Waals surface area contributed by atoms with Gasteiger partial charge in [0.15, 0.2) is 6.04 Å². The molecule has 1 unspecified atom stereocenters. The SMILES string of the molecule is COC1(c2noc(CC(n3cccn3)C(F)(F)F)n2)CCOCC1. The van der Waals surface area contributed by atoms with Gasteiger partial charge in [0.25, 0.3) is 0 Å². The van der Waals surface area contributed by atoms with Gasteiger partial charge in [0.1, 0.15) is 5.60 Å². The lowest BCUT2D eigenvalue weighted by atomic mass is 9.93. The molecule has 1 aliphatic rings. The van der Waals surface area contributed by atoms with Crippen LogP contribution in [0.2, 0.25) is 0 Å². The van der Waals surface area contributed by atoms with Gasteiger partial charge in [-0.25, -0.2) is 0 Å². The number of alkyl halides is 3. The van der Waals surface area contributed by atoms with Gasteiger partial charge in [0.2, 0.25) is 11.7 Å². The zero-order valence-electron chi connectivity index (χ0n) is 13.0. The van der Waals surface area contributed by atoms with Gasteiger partial charge >= 0.3 is 6.18 Å². The number of hydrogen-bond donors (Lipinski definition) is 0. The van der Waals surface area contributed by atoms with Gasteiger partial charge < -0.3 is 14.0 Å². The van der Waals surface area contributed by atoms with Crippen LogP contribution in [0.1, 0.15) is 30.6 Å². The summed E-state index contributed by atoms with van der Waals surface area (Å²) in [5, 5.41) is 7.51. The summed E-state index contributed by atoms with van der Waals surface area (Å²) in [6.07, 6.45) is -1.40. The quantitative estimate of drug-likeness (QED) is 0.827. The summed E-state index contributed by atoms with van der Waals surface area (Å²) in [7, 11) is 1.52. The van der Waals surface area contributed by atoms with Crippen molar-refractivity contribution in [3.63, 3.8) is 0 Å². The number of hydrogen-bond acceptors (Lipinski definition) is 6. The zero-order valence-corrected chi connectivity index (χ0v) is 13.0. The van der Waals surface area contributed by atoms with Gasteiger partial charge in [-0.1, -0.05) is 5.16 Å². The Morgan fingerprint density at radius 2 is 2.12 bits per heavy atom. The molecular formula is C14H17F3N4O3. The molecule has 0 bridgehead atoms. The van der Waals surface area contributed by atoms with Crippen LogP contribution in [0, 0.1) is 0 Å². The minimum Gasteiger partial charge on any atom is -0.381 e. The molecule has 1 fully saturated rings. The van der Waals surface area contributed by atoms with Crippen LogP contribution in [0.4, 0.5) is 13.2 Å². The van der Waals surface area contributed by atoms with Crippen molar-refractivity contribution in [2.45, 2.75) is 37.1 Å². The van der Waals surface area contributed by atoms with E-state index in [1.54, 1.807) is 0 Å². The smallest absolute Gasteiger partial charge is 0.381 e. The Morgan fingerprint density at radius 1 is 1.38 bits per heavy atom. The van der Waals surface area contributed by atoms with Crippen LogP contribution < -0.4 is 0 Å². The van der Waals surface area contributed by atoms with E-state index >= 15 is 0 Å². The highest BCUT2D eigenvalue weighted by Gasteiger charge is 2.44. The topological polar surface area (TPSA) is 75.2 Å². The van der Waals surface area contributed by atoms with E-state index in [4.69, 9.17) is 14.0 Å². The maximum Gasteiger partial charge on any atom is 0.411 e. The van der Waals surface area contributed by atoms with E-state index in [1.807, 2.05) is 0 Å². The average Bonchev–Trinajstić information content (AvgIpc) is 3.24. The number of aromatic nitrogens is 4. The first-order chi connectivity index (χ1) is 11.4. The van der Waals surface area contributed by atoms with E-state index in [2.05, 4.69) is 15.2 Å². The van der Waals surface area contributed by atoms with Crippen molar-refractivity contribution >= 4 is 0 Å². The van der Waals surface area contributed by atoms with Crippen molar-refractivity contribution in [1.29, 1.82) is 0 Å². The first kappa shape index (κ1) is 16.9. The lowest BCUT2D eigenvalue weighted by Gasteiger charge is -2.32. The summed E-state index contributed by atoms with van der Waals surface area (Å²) in [4.78, 5) is 4.14. The molecule has 3 rings (SSSR count). The molecule has 0 saturated carbocycles. The second-order valence-electron chi connectivity index (χ2n) is 5.57. The Morgan fingerprint density at radius 3 is 2.71 bits per heavy atom. The van der Waals surface area contributed by atoms with Gasteiger partial charge in [-0.15, -0.1) is 0 Å². The van der Waals surface area contributed by atoms with E-state index < -0.39 is 24.2 Å². The van der Waals surface area contributed by atoms with Crippen LogP contribution in [0.25, 0.3) is 0 Å². The van der Waals surface area contributed by atoms with Gasteiger partial charge in [-0.2, -0.15) is 23.3 Å². The first-order valence-electron chi connectivity index (χ1n) is 7.46. The highest BCUT2D eigenvalue weighted by atomic mass is 19.4. The number of rotatable bonds is 5. The van der Waals surface area contributed by atoms with Crippen LogP contribution in [0.5, 0.6) is 0 Å². The van der Waals surface area contributed by atoms with E-state index in [1.165, 1.54) is 25.6 Å². The Labute approximate surface area is 135 Å². The summed E-state index contributed by atoms with van der Waals surface area (Å²) < 4.78 is 56.5. The maximum absolute atomic E-state index is 13.3. The normalized spacial score (nSPS) is 19.3. The molecule has 1 atom stereocenters. The molecule has 1 saturated heterocycles. The summed E-state index contributed by atoms with van der Waals surface area (Å²) in [5.74, 6) is 0.149. The standard InChI is InChI=1S/C14H17F3N4O3/c1-22-13(3-7-23-8-4-13)12-19-11(24-20-12)9-10(14(15,16)17)21-6-2-5-18-21/h2,5-6,10H,3-4,7-9H2,1H3. The summed E-state index contributed by atoms with van der Waals surface area (Å²) in [6.45, 7) is 0.937. The lowest BCUT2D eigenvalue weighted by molar-refractivity contribution is -0.171. The largest absolute Gasteiger partial charge is 0.411 e. The second-order valence-corrected chi connectivity index (χ2v) is 5.57.